The fourth-order valence-corrected chi connectivity index (χ4v) is 1.07. The van der Waals surface area contributed by atoms with E-state index in [9.17, 15) is 9.59 Å². The Kier molecular flexibility index (Phi) is 7.02. The summed E-state index contributed by atoms with van der Waals surface area (Å²) in [5.74, 6) is 0.652. The van der Waals surface area contributed by atoms with E-state index in [1.165, 1.54) is 0 Å². The summed E-state index contributed by atoms with van der Waals surface area (Å²) in [4.78, 5) is 22.4. The summed E-state index contributed by atoms with van der Waals surface area (Å²) < 4.78 is 0. The predicted octanol–water partition coefficient (Wildman–Crippen LogP) is 0.261. The lowest BCUT2D eigenvalue weighted by molar-refractivity contribution is -0.137. The molecule has 2 N–H and O–H groups in total. The number of hydrogen-bond acceptors (Lipinski definition) is 3. The summed E-state index contributed by atoms with van der Waals surface area (Å²) in [6.45, 7) is 1.21. The maximum atomic E-state index is 10.3. The van der Waals surface area contributed by atoms with Crippen LogP contribution >= 0.6 is 0 Å². The highest BCUT2D eigenvalue weighted by molar-refractivity contribution is 5.67. The van der Waals surface area contributed by atoms with E-state index >= 15 is 0 Å². The first-order chi connectivity index (χ1) is 7.06. The van der Waals surface area contributed by atoms with Crippen LogP contribution in [-0.2, 0) is 9.59 Å². The third kappa shape index (κ3) is 8.78. The second kappa shape index (κ2) is 7.83. The van der Waals surface area contributed by atoms with E-state index in [-0.39, 0.29) is 12.8 Å². The highest BCUT2D eigenvalue weighted by Crippen LogP contribution is 1.96. The molecule has 0 saturated heterocycles. The van der Waals surface area contributed by atoms with Crippen molar-refractivity contribution < 1.29 is 19.8 Å². The molecule has 0 fully saturated rings. The van der Waals surface area contributed by atoms with Gasteiger partial charge in [-0.25, -0.2) is 0 Å². The summed E-state index contributed by atoms with van der Waals surface area (Å²) >= 11 is 0. The molecule has 0 saturated carbocycles. The molecule has 5 heteroatoms. The molecule has 0 aliphatic heterocycles. The van der Waals surface area contributed by atoms with Gasteiger partial charge in [-0.2, -0.15) is 0 Å². The lowest BCUT2D eigenvalue weighted by atomic mass is 10.3. The van der Waals surface area contributed by atoms with E-state index in [1.807, 2.05) is 0 Å². The Labute approximate surface area is 88.7 Å². The molecule has 0 bridgehead atoms. The van der Waals surface area contributed by atoms with Crippen LogP contribution in [0, 0.1) is 12.3 Å². The minimum Gasteiger partial charge on any atom is -0.481 e. The van der Waals surface area contributed by atoms with Crippen molar-refractivity contribution in [2.75, 3.05) is 19.6 Å². The van der Waals surface area contributed by atoms with Crippen LogP contribution in [0.25, 0.3) is 0 Å². The molecule has 0 radical (unpaired) electrons. The molecular formula is C10H15NO4. The monoisotopic (exact) mass is 213 g/mol. The van der Waals surface area contributed by atoms with Crippen molar-refractivity contribution in [2.24, 2.45) is 0 Å². The Balaban J connectivity index is 3.89. The third-order valence-electron chi connectivity index (χ3n) is 1.86. The van der Waals surface area contributed by atoms with Gasteiger partial charge in [-0.3, -0.25) is 9.59 Å². The maximum Gasteiger partial charge on any atom is 0.304 e. The minimum atomic E-state index is -0.893. The van der Waals surface area contributed by atoms with Crippen molar-refractivity contribution >= 4 is 11.9 Å². The number of aliphatic carboxylic acids is 2. The van der Waals surface area contributed by atoms with Gasteiger partial charge in [-0.15, -0.1) is 12.3 Å². The van der Waals surface area contributed by atoms with Gasteiger partial charge in [0, 0.05) is 26.1 Å². The fourth-order valence-electron chi connectivity index (χ4n) is 1.07. The molecule has 84 valence electrons. The third-order valence-corrected chi connectivity index (χ3v) is 1.86. The van der Waals surface area contributed by atoms with Crippen LogP contribution in [0.2, 0.25) is 0 Å². The van der Waals surface area contributed by atoms with Crippen LogP contribution in [0.5, 0.6) is 0 Å². The molecule has 0 rings (SSSR count). The number of terminal acetylenes is 1. The van der Waals surface area contributed by atoms with Gasteiger partial charge in [0.15, 0.2) is 0 Å². The van der Waals surface area contributed by atoms with E-state index in [1.54, 1.807) is 4.90 Å². The Morgan fingerprint density at radius 3 is 1.87 bits per heavy atom. The number of hydrogen-bond donors (Lipinski definition) is 2. The molecule has 0 unspecified atom stereocenters. The number of carboxylic acids is 2. The predicted molar refractivity (Wildman–Crippen MR) is 54.4 cm³/mol. The molecular weight excluding hydrogens is 198 g/mol. The van der Waals surface area contributed by atoms with Crippen LogP contribution in [0.3, 0.4) is 0 Å². The topological polar surface area (TPSA) is 77.8 Å². The SMILES string of the molecule is C#CCCN(CCC(=O)O)CCC(=O)O. The largest absolute Gasteiger partial charge is 0.481 e. The maximum absolute atomic E-state index is 10.3. The van der Waals surface area contributed by atoms with E-state index in [4.69, 9.17) is 16.6 Å². The molecule has 0 spiro atoms. The van der Waals surface area contributed by atoms with Gasteiger partial charge < -0.3 is 15.1 Å². The minimum absolute atomic E-state index is 0.00416. The zero-order valence-electron chi connectivity index (χ0n) is 8.48. The number of rotatable bonds is 8. The first-order valence-electron chi connectivity index (χ1n) is 4.65. The van der Waals surface area contributed by atoms with Crippen molar-refractivity contribution in [3.8, 4) is 12.3 Å². The van der Waals surface area contributed by atoms with E-state index in [2.05, 4.69) is 5.92 Å². The van der Waals surface area contributed by atoms with Crippen LogP contribution in [0.1, 0.15) is 19.3 Å². The Hall–Kier alpha value is -1.54. The Morgan fingerprint density at radius 2 is 1.53 bits per heavy atom. The molecule has 0 atom stereocenters. The van der Waals surface area contributed by atoms with Crippen molar-refractivity contribution in [1.82, 2.24) is 4.90 Å². The summed E-state index contributed by atoms with van der Waals surface area (Å²) in [7, 11) is 0. The van der Waals surface area contributed by atoms with E-state index < -0.39 is 11.9 Å². The summed E-state index contributed by atoms with van der Waals surface area (Å²) in [6.07, 6.45) is 5.59. The zero-order chi connectivity index (χ0) is 11.7. The van der Waals surface area contributed by atoms with Gasteiger partial charge >= 0.3 is 11.9 Å². The summed E-state index contributed by atoms with van der Waals surface area (Å²) in [5, 5.41) is 17.0. The molecule has 0 heterocycles. The summed E-state index contributed by atoms with van der Waals surface area (Å²) in [5.41, 5.74) is 0. The Bertz CT molecular complexity index is 239. The lowest BCUT2D eigenvalue weighted by Crippen LogP contribution is -2.29. The van der Waals surface area contributed by atoms with Gasteiger partial charge in [0.25, 0.3) is 0 Å². The highest BCUT2D eigenvalue weighted by Gasteiger charge is 2.08. The quantitative estimate of drug-likeness (QED) is 0.565. The number of carbonyl (C=O) groups is 2. The number of nitrogens with zero attached hydrogens (tertiary/aromatic N) is 1. The number of carboxylic acid groups (broad SMARTS) is 2. The van der Waals surface area contributed by atoms with Gasteiger partial charge in [-0.05, 0) is 0 Å². The first kappa shape index (κ1) is 13.5. The average molecular weight is 213 g/mol. The molecule has 0 aliphatic carbocycles. The van der Waals surface area contributed by atoms with Crippen LogP contribution in [-0.4, -0.2) is 46.7 Å². The van der Waals surface area contributed by atoms with Crippen molar-refractivity contribution in [3.63, 3.8) is 0 Å². The Morgan fingerprint density at radius 1 is 1.07 bits per heavy atom. The van der Waals surface area contributed by atoms with Gasteiger partial charge in [0.2, 0.25) is 0 Å². The molecule has 15 heavy (non-hydrogen) atoms. The van der Waals surface area contributed by atoms with Crippen molar-refractivity contribution in [1.29, 1.82) is 0 Å². The molecule has 0 aliphatic rings. The van der Waals surface area contributed by atoms with E-state index in [0.717, 1.165) is 0 Å². The van der Waals surface area contributed by atoms with Gasteiger partial charge in [0.1, 0.15) is 0 Å². The second-order valence-corrected chi connectivity index (χ2v) is 3.08. The van der Waals surface area contributed by atoms with Crippen LogP contribution < -0.4 is 0 Å². The van der Waals surface area contributed by atoms with Gasteiger partial charge in [-0.1, -0.05) is 0 Å². The normalized spacial score (nSPS) is 9.87. The van der Waals surface area contributed by atoms with E-state index in [0.29, 0.717) is 26.1 Å². The van der Waals surface area contributed by atoms with Crippen LogP contribution in [0.4, 0.5) is 0 Å². The van der Waals surface area contributed by atoms with Crippen molar-refractivity contribution in [3.05, 3.63) is 0 Å². The highest BCUT2D eigenvalue weighted by atomic mass is 16.4. The molecule has 0 amide bonds. The lowest BCUT2D eigenvalue weighted by Gasteiger charge is -2.19. The molecule has 5 nitrogen and oxygen atoms in total. The molecule has 0 aromatic rings. The zero-order valence-corrected chi connectivity index (χ0v) is 8.48. The first-order valence-corrected chi connectivity index (χ1v) is 4.65. The smallest absolute Gasteiger partial charge is 0.304 e. The summed E-state index contributed by atoms with van der Waals surface area (Å²) in [6, 6.07) is 0. The van der Waals surface area contributed by atoms with Crippen molar-refractivity contribution in [2.45, 2.75) is 19.3 Å². The fraction of sp³-hybridized carbons (Fsp3) is 0.600. The standard InChI is InChI=1S/C10H15NO4/c1-2-3-6-11(7-4-9(12)13)8-5-10(14)15/h1H,3-8H2,(H,12,13)(H,14,15). The van der Waals surface area contributed by atoms with Crippen LogP contribution in [0.15, 0.2) is 0 Å². The van der Waals surface area contributed by atoms with Gasteiger partial charge in [0.05, 0.1) is 12.8 Å². The average Bonchev–Trinajstić information content (AvgIpc) is 2.16. The second-order valence-electron chi connectivity index (χ2n) is 3.08. The molecule has 0 aromatic heterocycles. The molecule has 0 aromatic carbocycles.